The van der Waals surface area contributed by atoms with Crippen LogP contribution >= 0.6 is 0 Å². The van der Waals surface area contributed by atoms with Crippen LogP contribution in [0.15, 0.2) is 29.4 Å². The summed E-state index contributed by atoms with van der Waals surface area (Å²) in [5.74, 6) is 2.91. The highest BCUT2D eigenvalue weighted by Gasteiger charge is 2.41. The van der Waals surface area contributed by atoms with E-state index in [9.17, 15) is 0 Å². The zero-order valence-electron chi connectivity index (χ0n) is 12.6. The van der Waals surface area contributed by atoms with Gasteiger partial charge in [0.25, 0.3) is 0 Å². The van der Waals surface area contributed by atoms with Crippen molar-refractivity contribution in [2.75, 3.05) is 0 Å². The Bertz CT molecular complexity index is 529. The maximum absolute atomic E-state index is 8.88. The Balaban J connectivity index is 1.63. The van der Waals surface area contributed by atoms with Crippen molar-refractivity contribution >= 4 is 5.84 Å². The Kier molecular flexibility index (Phi) is 4.15. The number of nitrogens with one attached hydrogen (secondary N) is 1. The average Bonchev–Trinajstić information content (AvgIpc) is 3.15. The number of amidine groups is 1. The third kappa shape index (κ3) is 2.91. The van der Waals surface area contributed by atoms with Gasteiger partial charge in [0.2, 0.25) is 0 Å². The molecule has 1 aromatic rings. The third-order valence-electron chi connectivity index (χ3n) is 5.45. The van der Waals surface area contributed by atoms with Crippen LogP contribution in [0.25, 0.3) is 0 Å². The van der Waals surface area contributed by atoms with Gasteiger partial charge in [0, 0.05) is 18.2 Å². The molecule has 2 fully saturated rings. The number of rotatable bonds is 5. The fraction of sp³-hybridized carbons (Fsp3) is 0.588. The quantitative estimate of drug-likeness (QED) is 0.337. The lowest BCUT2D eigenvalue weighted by atomic mass is 9.84. The molecule has 114 valence electrons. The molecule has 2 aliphatic rings. The van der Waals surface area contributed by atoms with E-state index in [-0.39, 0.29) is 5.84 Å². The highest BCUT2D eigenvalue weighted by molar-refractivity contribution is 5.98. The van der Waals surface area contributed by atoms with Gasteiger partial charge in [-0.05, 0) is 49.5 Å². The van der Waals surface area contributed by atoms with Crippen LogP contribution in [0.4, 0.5) is 0 Å². The van der Waals surface area contributed by atoms with E-state index in [0.717, 1.165) is 35.4 Å². The summed E-state index contributed by atoms with van der Waals surface area (Å²) in [5, 5.41) is 15.7. The summed E-state index contributed by atoms with van der Waals surface area (Å²) in [4.78, 5) is 0. The van der Waals surface area contributed by atoms with Gasteiger partial charge in [-0.25, -0.2) is 0 Å². The summed E-state index contributed by atoms with van der Waals surface area (Å²) < 4.78 is 0. The molecule has 0 saturated heterocycles. The molecule has 4 nitrogen and oxygen atoms in total. The molecule has 1 aromatic carbocycles. The second kappa shape index (κ2) is 6.06. The van der Waals surface area contributed by atoms with Gasteiger partial charge in [0.05, 0.1) is 0 Å². The molecule has 4 unspecified atom stereocenters. The minimum atomic E-state index is 0.181. The minimum Gasteiger partial charge on any atom is -0.409 e. The molecular formula is C17H25N3O. The average molecular weight is 287 g/mol. The molecule has 4 N–H and O–H groups in total. The van der Waals surface area contributed by atoms with E-state index in [1.54, 1.807) is 0 Å². The maximum atomic E-state index is 8.88. The molecule has 0 amide bonds. The number of nitrogens with zero attached hydrogens (tertiary/aromatic N) is 1. The fourth-order valence-corrected chi connectivity index (χ4v) is 4.31. The normalized spacial score (nSPS) is 29.8. The Labute approximate surface area is 126 Å². The Morgan fingerprint density at radius 2 is 2.19 bits per heavy atom. The number of oxime groups is 1. The summed E-state index contributed by atoms with van der Waals surface area (Å²) in [5.41, 5.74) is 7.64. The number of fused-ring (bicyclic) bond motifs is 2. The molecule has 2 saturated carbocycles. The second-order valence-corrected chi connectivity index (χ2v) is 6.65. The fourth-order valence-electron chi connectivity index (χ4n) is 4.31. The van der Waals surface area contributed by atoms with Crippen LogP contribution in [0.3, 0.4) is 0 Å². The first kappa shape index (κ1) is 14.4. The molecule has 0 spiro atoms. The minimum absolute atomic E-state index is 0.181. The van der Waals surface area contributed by atoms with E-state index in [4.69, 9.17) is 10.9 Å². The van der Waals surface area contributed by atoms with Crippen LogP contribution in [0.1, 0.15) is 43.7 Å². The van der Waals surface area contributed by atoms with Crippen LogP contribution < -0.4 is 11.1 Å². The van der Waals surface area contributed by atoms with E-state index in [1.807, 2.05) is 24.3 Å². The van der Waals surface area contributed by atoms with Gasteiger partial charge in [-0.15, -0.1) is 0 Å². The summed E-state index contributed by atoms with van der Waals surface area (Å²) in [7, 11) is 0. The molecule has 4 atom stereocenters. The molecule has 0 aromatic heterocycles. The van der Waals surface area contributed by atoms with Crippen LogP contribution in [-0.4, -0.2) is 17.1 Å². The summed E-state index contributed by atoms with van der Waals surface area (Å²) >= 11 is 0. The largest absolute Gasteiger partial charge is 0.409 e. The van der Waals surface area contributed by atoms with Crippen molar-refractivity contribution < 1.29 is 5.21 Å². The molecule has 0 heterocycles. The third-order valence-corrected chi connectivity index (χ3v) is 5.45. The summed E-state index contributed by atoms with van der Waals surface area (Å²) in [6.45, 7) is 3.07. The van der Waals surface area contributed by atoms with Crippen LogP contribution in [0.2, 0.25) is 0 Å². The van der Waals surface area contributed by atoms with Gasteiger partial charge in [0.15, 0.2) is 5.84 Å². The Morgan fingerprint density at radius 1 is 1.38 bits per heavy atom. The summed E-state index contributed by atoms with van der Waals surface area (Å²) in [6.07, 6.45) is 5.69. The molecule has 4 heteroatoms. The highest BCUT2D eigenvalue weighted by atomic mass is 16.4. The SMILES string of the molecule is CC(NCc1ccccc1C(N)=NO)C1CC2CCC1C2. The lowest BCUT2D eigenvalue weighted by Gasteiger charge is -2.29. The molecule has 21 heavy (non-hydrogen) atoms. The van der Waals surface area contributed by atoms with Crippen molar-refractivity contribution in [2.45, 2.75) is 45.2 Å². The molecule has 2 bridgehead atoms. The standard InChI is InChI=1S/C17H25N3O/c1-11(16-9-12-6-7-13(16)8-12)19-10-14-4-2-3-5-15(14)17(18)20-21/h2-5,11-13,16,19,21H,6-10H2,1H3,(H2,18,20). The lowest BCUT2D eigenvalue weighted by Crippen LogP contribution is -2.36. The van der Waals surface area contributed by atoms with E-state index in [0.29, 0.717) is 6.04 Å². The molecule has 3 rings (SSSR count). The predicted octanol–water partition coefficient (Wildman–Crippen LogP) is 2.70. The Hall–Kier alpha value is -1.55. The Morgan fingerprint density at radius 3 is 2.86 bits per heavy atom. The monoisotopic (exact) mass is 287 g/mol. The number of hydrogen-bond donors (Lipinski definition) is 3. The zero-order chi connectivity index (χ0) is 14.8. The molecular weight excluding hydrogens is 262 g/mol. The first-order chi connectivity index (χ1) is 10.2. The van der Waals surface area contributed by atoms with Gasteiger partial charge in [-0.1, -0.05) is 35.8 Å². The zero-order valence-corrected chi connectivity index (χ0v) is 12.6. The topological polar surface area (TPSA) is 70.6 Å². The van der Waals surface area contributed by atoms with Gasteiger partial charge >= 0.3 is 0 Å². The van der Waals surface area contributed by atoms with Gasteiger partial charge in [0.1, 0.15) is 0 Å². The van der Waals surface area contributed by atoms with Crippen molar-refractivity contribution in [3.8, 4) is 0 Å². The maximum Gasteiger partial charge on any atom is 0.170 e. The highest BCUT2D eigenvalue weighted by Crippen LogP contribution is 2.49. The first-order valence-electron chi connectivity index (χ1n) is 7.98. The van der Waals surface area contributed by atoms with Crippen molar-refractivity contribution in [3.05, 3.63) is 35.4 Å². The predicted molar refractivity (Wildman–Crippen MR) is 84.2 cm³/mol. The van der Waals surface area contributed by atoms with Crippen LogP contribution in [-0.2, 0) is 6.54 Å². The van der Waals surface area contributed by atoms with Crippen LogP contribution in [0.5, 0.6) is 0 Å². The molecule has 0 aliphatic heterocycles. The van der Waals surface area contributed by atoms with E-state index in [1.165, 1.54) is 25.7 Å². The van der Waals surface area contributed by atoms with Crippen molar-refractivity contribution in [1.82, 2.24) is 5.32 Å². The smallest absolute Gasteiger partial charge is 0.170 e. The summed E-state index contributed by atoms with van der Waals surface area (Å²) in [6, 6.07) is 8.37. The molecule has 0 radical (unpaired) electrons. The first-order valence-corrected chi connectivity index (χ1v) is 7.98. The van der Waals surface area contributed by atoms with Gasteiger partial charge in [-0.2, -0.15) is 0 Å². The van der Waals surface area contributed by atoms with Gasteiger partial charge in [-0.3, -0.25) is 0 Å². The number of nitrogens with two attached hydrogens (primary N) is 1. The second-order valence-electron chi connectivity index (χ2n) is 6.65. The van der Waals surface area contributed by atoms with Crippen molar-refractivity contribution in [3.63, 3.8) is 0 Å². The van der Waals surface area contributed by atoms with Gasteiger partial charge < -0.3 is 16.3 Å². The van der Waals surface area contributed by atoms with Crippen molar-refractivity contribution in [2.24, 2.45) is 28.6 Å². The lowest BCUT2D eigenvalue weighted by molar-refractivity contribution is 0.259. The van der Waals surface area contributed by atoms with Crippen LogP contribution in [0, 0.1) is 17.8 Å². The van der Waals surface area contributed by atoms with E-state index < -0.39 is 0 Å². The van der Waals surface area contributed by atoms with E-state index >= 15 is 0 Å². The van der Waals surface area contributed by atoms with Crippen molar-refractivity contribution in [1.29, 1.82) is 0 Å². The number of hydrogen-bond acceptors (Lipinski definition) is 3. The number of benzene rings is 1. The van der Waals surface area contributed by atoms with E-state index in [2.05, 4.69) is 17.4 Å². The molecule has 2 aliphatic carbocycles.